The average molecular weight is 319 g/mol. The molecule has 22 heavy (non-hydrogen) atoms. The molecular weight excluding hydrogens is 304 g/mol. The van der Waals surface area contributed by atoms with Crippen molar-refractivity contribution in [3.8, 4) is 0 Å². The van der Waals surface area contributed by atoms with Gasteiger partial charge in [0.25, 0.3) is 0 Å². The van der Waals surface area contributed by atoms with Crippen molar-refractivity contribution in [2.24, 2.45) is 0 Å². The largest absolute Gasteiger partial charge is 0.295 e. The van der Waals surface area contributed by atoms with Crippen LogP contribution < -0.4 is 4.90 Å². The first-order valence-electron chi connectivity index (χ1n) is 6.93. The SMILES string of the molecule is Cc1ccc(N2C(=O)CSC2c2ccc(F)c(F)c2)cc1C. The first-order chi connectivity index (χ1) is 10.5. The number of thioether (sulfide) groups is 1. The summed E-state index contributed by atoms with van der Waals surface area (Å²) in [6.45, 7) is 3.99. The Morgan fingerprint density at radius 2 is 1.82 bits per heavy atom. The Kier molecular flexibility index (Phi) is 3.91. The summed E-state index contributed by atoms with van der Waals surface area (Å²) in [5.41, 5.74) is 3.61. The van der Waals surface area contributed by atoms with Crippen LogP contribution in [0.15, 0.2) is 36.4 Å². The minimum absolute atomic E-state index is 0.0250. The van der Waals surface area contributed by atoms with Gasteiger partial charge in [-0.05, 0) is 54.8 Å². The molecule has 2 aromatic rings. The van der Waals surface area contributed by atoms with Crippen LogP contribution in [0.1, 0.15) is 22.1 Å². The lowest BCUT2D eigenvalue weighted by Crippen LogP contribution is -2.28. The zero-order valence-electron chi connectivity index (χ0n) is 12.3. The third kappa shape index (κ3) is 2.61. The predicted molar refractivity (Wildman–Crippen MR) is 85.0 cm³/mol. The third-order valence-corrected chi connectivity index (χ3v) is 5.08. The Balaban J connectivity index is 2.01. The van der Waals surface area contributed by atoms with E-state index in [0.717, 1.165) is 22.9 Å². The van der Waals surface area contributed by atoms with Gasteiger partial charge < -0.3 is 0 Å². The molecule has 1 aliphatic rings. The summed E-state index contributed by atoms with van der Waals surface area (Å²) in [6.07, 6.45) is 0. The second kappa shape index (κ2) is 5.72. The van der Waals surface area contributed by atoms with Gasteiger partial charge in [0.1, 0.15) is 5.37 Å². The van der Waals surface area contributed by atoms with E-state index in [-0.39, 0.29) is 11.3 Å². The highest BCUT2D eigenvalue weighted by atomic mass is 32.2. The van der Waals surface area contributed by atoms with Gasteiger partial charge in [-0.1, -0.05) is 12.1 Å². The maximum atomic E-state index is 13.5. The van der Waals surface area contributed by atoms with Gasteiger partial charge in [0.05, 0.1) is 5.75 Å². The highest BCUT2D eigenvalue weighted by Gasteiger charge is 2.34. The molecule has 1 unspecified atom stereocenters. The Bertz CT molecular complexity index is 747. The van der Waals surface area contributed by atoms with Crippen molar-refractivity contribution in [2.45, 2.75) is 19.2 Å². The van der Waals surface area contributed by atoms with E-state index in [1.165, 1.54) is 23.9 Å². The van der Waals surface area contributed by atoms with Crippen LogP contribution in [-0.4, -0.2) is 11.7 Å². The van der Waals surface area contributed by atoms with E-state index in [1.807, 2.05) is 32.0 Å². The van der Waals surface area contributed by atoms with Crippen molar-refractivity contribution in [3.63, 3.8) is 0 Å². The quantitative estimate of drug-likeness (QED) is 0.820. The molecule has 114 valence electrons. The Hall–Kier alpha value is -1.88. The Morgan fingerprint density at radius 3 is 2.50 bits per heavy atom. The molecule has 0 bridgehead atoms. The van der Waals surface area contributed by atoms with Crippen molar-refractivity contribution in [1.82, 2.24) is 0 Å². The maximum absolute atomic E-state index is 13.5. The molecular formula is C17H15F2NOS. The van der Waals surface area contributed by atoms with Crippen molar-refractivity contribution >= 4 is 23.4 Å². The molecule has 1 heterocycles. The van der Waals surface area contributed by atoms with E-state index in [1.54, 1.807) is 4.90 Å². The summed E-state index contributed by atoms with van der Waals surface area (Å²) in [5, 5.41) is -0.329. The van der Waals surface area contributed by atoms with E-state index in [4.69, 9.17) is 0 Å². The van der Waals surface area contributed by atoms with Crippen LogP contribution in [0.5, 0.6) is 0 Å². The molecule has 1 aliphatic heterocycles. The number of rotatable bonds is 2. The van der Waals surface area contributed by atoms with E-state index in [2.05, 4.69) is 0 Å². The highest BCUT2D eigenvalue weighted by Crippen LogP contribution is 2.42. The number of carbonyl (C=O) groups is 1. The van der Waals surface area contributed by atoms with Crippen LogP contribution in [0.3, 0.4) is 0 Å². The van der Waals surface area contributed by atoms with Crippen molar-refractivity contribution in [2.75, 3.05) is 10.7 Å². The van der Waals surface area contributed by atoms with Gasteiger partial charge in [0.2, 0.25) is 5.91 Å². The van der Waals surface area contributed by atoms with E-state index in [9.17, 15) is 13.6 Å². The standard InChI is InChI=1S/C17H15F2NOS/c1-10-3-5-13(7-11(10)2)20-16(21)9-22-17(20)12-4-6-14(18)15(19)8-12/h3-8,17H,9H2,1-2H3. The third-order valence-electron chi connectivity index (χ3n) is 3.87. The average Bonchev–Trinajstić information content (AvgIpc) is 2.87. The second-order valence-electron chi connectivity index (χ2n) is 5.37. The van der Waals surface area contributed by atoms with E-state index < -0.39 is 11.6 Å². The predicted octanol–water partition coefficient (Wildman–Crippen LogP) is 4.36. The lowest BCUT2D eigenvalue weighted by Gasteiger charge is -2.25. The van der Waals surface area contributed by atoms with Crippen molar-refractivity contribution in [1.29, 1.82) is 0 Å². The van der Waals surface area contributed by atoms with Gasteiger partial charge in [-0.15, -0.1) is 11.8 Å². The molecule has 1 fully saturated rings. The Labute approximate surface area is 132 Å². The normalized spacial score (nSPS) is 18.1. The van der Waals surface area contributed by atoms with Crippen LogP contribution in [0.4, 0.5) is 14.5 Å². The van der Waals surface area contributed by atoms with Gasteiger partial charge in [-0.2, -0.15) is 0 Å². The number of nitrogens with zero attached hydrogens (tertiary/aromatic N) is 1. The first-order valence-corrected chi connectivity index (χ1v) is 7.98. The van der Waals surface area contributed by atoms with Crippen LogP contribution in [0.2, 0.25) is 0 Å². The summed E-state index contributed by atoms with van der Waals surface area (Å²) in [5.74, 6) is -1.47. The van der Waals surface area contributed by atoms with Crippen LogP contribution >= 0.6 is 11.8 Å². The van der Waals surface area contributed by atoms with Gasteiger partial charge in [-0.25, -0.2) is 8.78 Å². The molecule has 1 amide bonds. The maximum Gasteiger partial charge on any atom is 0.238 e. The number of carbonyl (C=O) groups excluding carboxylic acids is 1. The fraction of sp³-hybridized carbons (Fsp3) is 0.235. The molecule has 0 radical (unpaired) electrons. The second-order valence-corrected chi connectivity index (χ2v) is 6.44. The van der Waals surface area contributed by atoms with Gasteiger partial charge in [0, 0.05) is 5.69 Å². The monoisotopic (exact) mass is 319 g/mol. The van der Waals surface area contributed by atoms with E-state index in [0.29, 0.717) is 11.3 Å². The number of hydrogen-bond donors (Lipinski definition) is 0. The number of halogens is 2. The number of amides is 1. The zero-order chi connectivity index (χ0) is 15.9. The Morgan fingerprint density at radius 1 is 1.05 bits per heavy atom. The number of hydrogen-bond acceptors (Lipinski definition) is 2. The number of aryl methyl sites for hydroxylation is 2. The minimum atomic E-state index is -0.891. The van der Waals surface area contributed by atoms with Gasteiger partial charge in [0.15, 0.2) is 11.6 Å². The van der Waals surface area contributed by atoms with Crippen LogP contribution in [0.25, 0.3) is 0 Å². The fourth-order valence-electron chi connectivity index (χ4n) is 2.49. The topological polar surface area (TPSA) is 20.3 Å². The molecule has 3 rings (SSSR count). The summed E-state index contributed by atoms with van der Waals surface area (Å²) in [4.78, 5) is 13.9. The summed E-state index contributed by atoms with van der Waals surface area (Å²) >= 11 is 1.42. The minimum Gasteiger partial charge on any atom is -0.295 e. The molecule has 2 aromatic carbocycles. The van der Waals surface area contributed by atoms with Crippen molar-refractivity contribution in [3.05, 3.63) is 64.7 Å². The van der Waals surface area contributed by atoms with Gasteiger partial charge >= 0.3 is 0 Å². The fourth-order valence-corrected chi connectivity index (χ4v) is 3.66. The summed E-state index contributed by atoms with van der Waals surface area (Å²) in [7, 11) is 0. The molecule has 5 heteroatoms. The van der Waals surface area contributed by atoms with Crippen LogP contribution in [0, 0.1) is 25.5 Å². The molecule has 2 nitrogen and oxygen atoms in total. The molecule has 1 saturated heterocycles. The molecule has 0 N–H and O–H groups in total. The number of benzene rings is 2. The van der Waals surface area contributed by atoms with E-state index >= 15 is 0 Å². The first kappa shape index (κ1) is 15.0. The summed E-state index contributed by atoms with van der Waals surface area (Å²) < 4.78 is 26.6. The lowest BCUT2D eigenvalue weighted by atomic mass is 10.1. The molecule has 1 atom stereocenters. The number of anilines is 1. The van der Waals surface area contributed by atoms with Crippen LogP contribution in [-0.2, 0) is 4.79 Å². The van der Waals surface area contributed by atoms with Gasteiger partial charge in [-0.3, -0.25) is 9.69 Å². The molecule has 0 spiro atoms. The van der Waals surface area contributed by atoms with Crippen molar-refractivity contribution < 1.29 is 13.6 Å². The smallest absolute Gasteiger partial charge is 0.238 e. The summed E-state index contributed by atoms with van der Waals surface area (Å²) in [6, 6.07) is 9.60. The molecule has 0 aromatic heterocycles. The lowest BCUT2D eigenvalue weighted by molar-refractivity contribution is -0.115. The molecule has 0 saturated carbocycles. The zero-order valence-corrected chi connectivity index (χ0v) is 13.1. The molecule has 0 aliphatic carbocycles. The highest BCUT2D eigenvalue weighted by molar-refractivity contribution is 8.00.